The Morgan fingerprint density at radius 3 is 2.52 bits per heavy atom. The van der Waals surface area contributed by atoms with Crippen molar-refractivity contribution in [2.45, 2.75) is 43.8 Å². The Kier molecular flexibility index (Phi) is 7.73. The minimum Gasteiger partial charge on any atom is -0.380 e. The first-order chi connectivity index (χ1) is 15.7. The maximum Gasteiger partial charge on any atom is 0.228 e. The van der Waals surface area contributed by atoms with Gasteiger partial charge in [0.05, 0.1) is 12.1 Å². The molecule has 0 aliphatic carbocycles. The largest absolute Gasteiger partial charge is 0.380 e. The van der Waals surface area contributed by atoms with Crippen LogP contribution in [0, 0.1) is 6.92 Å². The zero-order valence-electron chi connectivity index (χ0n) is 19.3. The van der Waals surface area contributed by atoms with E-state index in [1.165, 1.54) is 0 Å². The number of rotatable bonds is 7. The van der Waals surface area contributed by atoms with E-state index in [-0.39, 0.29) is 16.5 Å². The number of nitrogens with one attached hydrogen (secondary N) is 2. The number of carbonyl (C=O) groups is 1. The fourth-order valence-corrected chi connectivity index (χ4v) is 4.28. The quantitative estimate of drug-likeness (QED) is 0.137. The number of anilines is 1. The van der Waals surface area contributed by atoms with Crippen LogP contribution in [0.2, 0.25) is 0 Å². The highest BCUT2D eigenvalue weighted by molar-refractivity contribution is 8.00. The van der Waals surface area contributed by atoms with Crippen molar-refractivity contribution in [1.29, 1.82) is 0 Å². The summed E-state index contributed by atoms with van der Waals surface area (Å²) in [5, 5.41) is 6.96. The Bertz CT molecular complexity index is 1150. The predicted octanol–water partition coefficient (Wildman–Crippen LogP) is 4.21. The monoisotopic (exact) mass is 462 g/mol. The number of pyridine rings is 1. The van der Waals surface area contributed by atoms with Gasteiger partial charge in [0, 0.05) is 21.4 Å². The molecular formula is C25H30N6OS. The van der Waals surface area contributed by atoms with Gasteiger partial charge in [0.1, 0.15) is 5.69 Å². The number of thioether (sulfide) groups is 1. The van der Waals surface area contributed by atoms with Gasteiger partial charge in [0.25, 0.3) is 0 Å². The van der Waals surface area contributed by atoms with Crippen molar-refractivity contribution in [1.82, 2.24) is 10.5 Å². The number of aromatic nitrogens is 1. The molecule has 0 bridgehead atoms. The van der Waals surface area contributed by atoms with Crippen LogP contribution in [0.5, 0.6) is 0 Å². The van der Waals surface area contributed by atoms with Crippen LogP contribution in [-0.2, 0) is 11.2 Å². The molecule has 3 aromatic rings. The zero-order chi connectivity index (χ0) is 24.0. The Morgan fingerprint density at radius 1 is 1.12 bits per heavy atom. The summed E-state index contributed by atoms with van der Waals surface area (Å²) in [6.45, 7) is 8.44. The topological polar surface area (TPSA) is 118 Å². The van der Waals surface area contributed by atoms with E-state index in [9.17, 15) is 4.79 Å². The minimum absolute atomic E-state index is 0.0265. The number of hydrogen-bond acceptors (Lipinski definition) is 6. The molecular weight excluding hydrogens is 432 g/mol. The number of amides is 1. The van der Waals surface area contributed by atoms with Crippen molar-refractivity contribution in [2.75, 3.05) is 5.32 Å². The lowest BCUT2D eigenvalue weighted by Gasteiger charge is -2.21. The molecule has 7 nitrogen and oxygen atoms in total. The summed E-state index contributed by atoms with van der Waals surface area (Å²) in [5.41, 5.74) is 13.3. The van der Waals surface area contributed by atoms with E-state index in [1.807, 2.05) is 61.5 Å². The summed E-state index contributed by atoms with van der Waals surface area (Å²) in [6, 6.07) is 17.7. The normalized spacial score (nSPS) is 11.8. The number of nitrogens with two attached hydrogens (primary N) is 2. The summed E-state index contributed by atoms with van der Waals surface area (Å²) < 4.78 is -0.0265. The molecule has 1 heterocycles. The Labute approximate surface area is 199 Å². The third kappa shape index (κ3) is 6.81. The lowest BCUT2D eigenvalue weighted by atomic mass is 10.0. The molecule has 0 fully saturated rings. The van der Waals surface area contributed by atoms with Gasteiger partial charge in [-0.25, -0.2) is 11.4 Å². The summed E-state index contributed by atoms with van der Waals surface area (Å²) in [4.78, 5) is 18.2. The van der Waals surface area contributed by atoms with Crippen molar-refractivity contribution in [3.8, 4) is 11.1 Å². The van der Waals surface area contributed by atoms with E-state index in [4.69, 9.17) is 11.6 Å². The first-order valence-electron chi connectivity index (χ1n) is 10.6. The summed E-state index contributed by atoms with van der Waals surface area (Å²) >= 11 is 1.69. The second-order valence-electron chi connectivity index (χ2n) is 8.66. The third-order valence-corrected chi connectivity index (χ3v) is 5.89. The van der Waals surface area contributed by atoms with E-state index >= 15 is 0 Å². The van der Waals surface area contributed by atoms with Crippen molar-refractivity contribution >= 4 is 29.2 Å². The SMILES string of the molecule is Cc1ccc(CC(=O)Nc2cc(-c3cccnc3/C(N)=N/NN)ccc2SC(C)(C)C)cc1. The van der Waals surface area contributed by atoms with Gasteiger partial charge in [-0.2, -0.15) is 0 Å². The molecule has 0 saturated heterocycles. The van der Waals surface area contributed by atoms with Crippen LogP contribution in [0.25, 0.3) is 11.1 Å². The van der Waals surface area contributed by atoms with Crippen LogP contribution < -0.4 is 22.4 Å². The first kappa shape index (κ1) is 24.3. The van der Waals surface area contributed by atoms with Crippen LogP contribution >= 0.6 is 11.8 Å². The average molecular weight is 463 g/mol. The molecule has 172 valence electrons. The molecule has 6 N–H and O–H groups in total. The van der Waals surface area contributed by atoms with Crippen molar-refractivity contribution in [3.63, 3.8) is 0 Å². The lowest BCUT2D eigenvalue weighted by molar-refractivity contribution is -0.115. The summed E-state index contributed by atoms with van der Waals surface area (Å²) in [7, 11) is 0. The smallest absolute Gasteiger partial charge is 0.228 e. The molecule has 3 rings (SSSR count). The number of nitrogens with zero attached hydrogens (tertiary/aromatic N) is 2. The summed E-state index contributed by atoms with van der Waals surface area (Å²) in [5.74, 6) is 5.38. The first-order valence-corrected chi connectivity index (χ1v) is 11.4. The average Bonchev–Trinajstić information content (AvgIpc) is 2.76. The van der Waals surface area contributed by atoms with Crippen molar-refractivity contribution < 1.29 is 4.79 Å². The third-order valence-electron chi connectivity index (χ3n) is 4.70. The number of amidine groups is 1. The molecule has 1 aromatic heterocycles. The molecule has 33 heavy (non-hydrogen) atoms. The number of hydrazone groups is 1. The van der Waals surface area contributed by atoms with E-state index in [0.29, 0.717) is 12.1 Å². The maximum absolute atomic E-state index is 12.9. The molecule has 0 aliphatic rings. The second-order valence-corrected chi connectivity index (χ2v) is 10.5. The second kappa shape index (κ2) is 10.5. The molecule has 2 aromatic carbocycles. The maximum atomic E-state index is 12.9. The van der Waals surface area contributed by atoms with Gasteiger partial charge in [-0.05, 0) is 36.2 Å². The van der Waals surface area contributed by atoms with Gasteiger partial charge < -0.3 is 11.1 Å². The van der Waals surface area contributed by atoms with Crippen molar-refractivity contribution in [2.24, 2.45) is 16.7 Å². The van der Waals surface area contributed by atoms with Gasteiger partial charge in [-0.3, -0.25) is 9.78 Å². The van der Waals surface area contributed by atoms with E-state index in [0.717, 1.165) is 32.8 Å². The highest BCUT2D eigenvalue weighted by Crippen LogP contribution is 2.39. The van der Waals surface area contributed by atoms with Crippen LogP contribution in [0.1, 0.15) is 37.6 Å². The van der Waals surface area contributed by atoms with Crippen molar-refractivity contribution in [3.05, 3.63) is 77.6 Å². The standard InChI is InChI=1S/C25H30N6OS/c1-16-7-9-17(10-8-16)14-22(32)29-20-15-18(11-12-21(20)33-25(2,3)4)19-6-5-13-28-23(19)24(26)30-31-27/h5-13,15,31H,14,27H2,1-4H3,(H2,26,30)(H,29,32). The minimum atomic E-state index is -0.0772. The Hall–Kier alpha value is -3.36. The van der Waals surface area contributed by atoms with Crippen LogP contribution in [0.3, 0.4) is 0 Å². The molecule has 8 heteroatoms. The number of hydrogen-bond donors (Lipinski definition) is 4. The Morgan fingerprint density at radius 2 is 1.85 bits per heavy atom. The van der Waals surface area contributed by atoms with Gasteiger partial charge in [-0.15, -0.1) is 16.9 Å². The fourth-order valence-electron chi connectivity index (χ4n) is 3.26. The van der Waals surface area contributed by atoms with Crippen LogP contribution in [0.4, 0.5) is 5.69 Å². The highest BCUT2D eigenvalue weighted by Gasteiger charge is 2.18. The van der Waals surface area contributed by atoms with Gasteiger partial charge in [-0.1, -0.05) is 62.7 Å². The van der Waals surface area contributed by atoms with E-state index in [2.05, 4.69) is 41.7 Å². The lowest BCUT2D eigenvalue weighted by Crippen LogP contribution is -2.24. The number of hydrazine groups is 1. The molecule has 0 saturated carbocycles. The highest BCUT2D eigenvalue weighted by atomic mass is 32.2. The van der Waals surface area contributed by atoms with E-state index < -0.39 is 0 Å². The Balaban J connectivity index is 1.97. The van der Waals surface area contributed by atoms with Gasteiger partial charge in [0.15, 0.2) is 5.84 Å². The molecule has 0 unspecified atom stereocenters. The van der Waals surface area contributed by atoms with Crippen LogP contribution in [0.15, 0.2) is 70.8 Å². The zero-order valence-corrected chi connectivity index (χ0v) is 20.2. The predicted molar refractivity (Wildman–Crippen MR) is 137 cm³/mol. The molecule has 0 spiro atoms. The van der Waals surface area contributed by atoms with Gasteiger partial charge >= 0.3 is 0 Å². The fraction of sp³-hybridized carbons (Fsp3) is 0.240. The summed E-state index contributed by atoms with van der Waals surface area (Å²) in [6.07, 6.45) is 1.94. The molecule has 0 radical (unpaired) electrons. The number of aryl methyl sites for hydroxylation is 1. The molecule has 0 atom stereocenters. The molecule has 0 aliphatic heterocycles. The van der Waals surface area contributed by atoms with Crippen LogP contribution in [-0.4, -0.2) is 21.5 Å². The van der Waals surface area contributed by atoms with E-state index in [1.54, 1.807) is 18.0 Å². The number of benzene rings is 2. The number of carbonyl (C=O) groups excluding carboxylic acids is 1. The van der Waals surface area contributed by atoms with Gasteiger partial charge in [0.2, 0.25) is 5.91 Å². The molecule has 1 amide bonds.